The number of rotatable bonds is 7. The highest BCUT2D eigenvalue weighted by Crippen LogP contribution is 2.10. The summed E-state index contributed by atoms with van der Waals surface area (Å²) in [5.41, 5.74) is 0. The maximum absolute atomic E-state index is 12.2. The first-order valence-corrected chi connectivity index (χ1v) is 7.34. The molecule has 0 saturated carbocycles. The highest BCUT2D eigenvalue weighted by Gasteiger charge is 2.20. The van der Waals surface area contributed by atoms with Crippen LogP contribution in [0.25, 0.3) is 0 Å². The van der Waals surface area contributed by atoms with Crippen molar-refractivity contribution in [2.45, 2.75) is 51.2 Å². The summed E-state index contributed by atoms with van der Waals surface area (Å²) in [6, 6.07) is -0.173. The first kappa shape index (κ1) is 16.4. The molecule has 0 aromatic carbocycles. The summed E-state index contributed by atoms with van der Waals surface area (Å²) in [5.74, 6) is 0.183. The van der Waals surface area contributed by atoms with Crippen molar-refractivity contribution in [3.8, 4) is 0 Å². The van der Waals surface area contributed by atoms with E-state index in [9.17, 15) is 9.90 Å². The van der Waals surface area contributed by atoms with Crippen molar-refractivity contribution in [3.05, 3.63) is 0 Å². The van der Waals surface area contributed by atoms with Gasteiger partial charge in [-0.1, -0.05) is 12.8 Å². The van der Waals surface area contributed by atoms with Crippen LogP contribution in [-0.4, -0.2) is 61.4 Å². The molecule has 2 N–H and O–H groups in total. The molecule has 19 heavy (non-hydrogen) atoms. The predicted molar refractivity (Wildman–Crippen MR) is 75.0 cm³/mol. The number of ether oxygens (including phenoxy) is 1. The summed E-state index contributed by atoms with van der Waals surface area (Å²) in [7, 11) is 1.57. The van der Waals surface area contributed by atoms with Crippen LogP contribution in [0.1, 0.15) is 39.0 Å². The Bertz CT molecular complexity index is 253. The number of aliphatic hydroxyl groups is 1. The van der Waals surface area contributed by atoms with E-state index in [1.807, 2.05) is 11.8 Å². The number of amides is 1. The molecular formula is C14H28N2O3. The average Bonchev–Trinajstić information content (AvgIpc) is 2.66. The third-order valence-electron chi connectivity index (χ3n) is 3.58. The van der Waals surface area contributed by atoms with E-state index in [4.69, 9.17) is 4.74 Å². The van der Waals surface area contributed by atoms with Gasteiger partial charge in [0.2, 0.25) is 5.91 Å². The molecule has 112 valence electrons. The second-order valence-corrected chi connectivity index (χ2v) is 5.31. The Morgan fingerprint density at radius 1 is 1.32 bits per heavy atom. The zero-order valence-electron chi connectivity index (χ0n) is 12.2. The SMILES string of the molecule is COCC(O)CCNC(C)C(=O)N1CCCCCC1. The number of carbonyl (C=O) groups is 1. The van der Waals surface area contributed by atoms with Gasteiger partial charge in [-0.15, -0.1) is 0 Å². The topological polar surface area (TPSA) is 61.8 Å². The first-order chi connectivity index (χ1) is 9.15. The molecule has 1 aliphatic heterocycles. The summed E-state index contributed by atoms with van der Waals surface area (Å²) in [5, 5.41) is 12.7. The molecule has 0 aliphatic carbocycles. The second kappa shape index (κ2) is 9.28. The van der Waals surface area contributed by atoms with Crippen LogP contribution in [0.15, 0.2) is 0 Å². The Morgan fingerprint density at radius 3 is 2.53 bits per heavy atom. The maximum atomic E-state index is 12.2. The Hall–Kier alpha value is -0.650. The Morgan fingerprint density at radius 2 is 1.95 bits per heavy atom. The molecule has 0 aromatic heterocycles. The number of hydrogen-bond donors (Lipinski definition) is 2. The minimum atomic E-state index is -0.460. The third kappa shape index (κ3) is 6.36. The van der Waals surface area contributed by atoms with E-state index < -0.39 is 6.10 Å². The molecular weight excluding hydrogens is 244 g/mol. The van der Waals surface area contributed by atoms with Crippen molar-refractivity contribution in [1.82, 2.24) is 10.2 Å². The van der Waals surface area contributed by atoms with Crippen LogP contribution in [0.4, 0.5) is 0 Å². The van der Waals surface area contributed by atoms with Crippen LogP contribution < -0.4 is 5.32 Å². The van der Waals surface area contributed by atoms with Crippen LogP contribution in [-0.2, 0) is 9.53 Å². The summed E-state index contributed by atoms with van der Waals surface area (Å²) in [4.78, 5) is 14.2. The van der Waals surface area contributed by atoms with Crippen LogP contribution in [0, 0.1) is 0 Å². The van der Waals surface area contributed by atoms with Crippen molar-refractivity contribution in [1.29, 1.82) is 0 Å². The second-order valence-electron chi connectivity index (χ2n) is 5.31. The van der Waals surface area contributed by atoms with E-state index in [2.05, 4.69) is 5.32 Å². The summed E-state index contributed by atoms with van der Waals surface area (Å²) in [6.45, 7) is 4.64. The summed E-state index contributed by atoms with van der Waals surface area (Å²) in [6.07, 6.45) is 4.84. The zero-order valence-corrected chi connectivity index (χ0v) is 12.2. The van der Waals surface area contributed by atoms with Crippen molar-refractivity contribution in [3.63, 3.8) is 0 Å². The van der Waals surface area contributed by atoms with Crippen LogP contribution in [0.5, 0.6) is 0 Å². The lowest BCUT2D eigenvalue weighted by Crippen LogP contribution is -2.45. The quantitative estimate of drug-likeness (QED) is 0.718. The van der Waals surface area contributed by atoms with Gasteiger partial charge < -0.3 is 20.1 Å². The first-order valence-electron chi connectivity index (χ1n) is 7.34. The molecule has 2 atom stereocenters. The van der Waals surface area contributed by atoms with Crippen LogP contribution in [0.2, 0.25) is 0 Å². The Balaban J connectivity index is 2.23. The van der Waals surface area contributed by atoms with E-state index in [1.54, 1.807) is 7.11 Å². The number of likely N-dealkylation sites (tertiary alicyclic amines) is 1. The molecule has 1 amide bonds. The lowest BCUT2D eigenvalue weighted by atomic mass is 10.2. The number of methoxy groups -OCH3 is 1. The lowest BCUT2D eigenvalue weighted by Gasteiger charge is -2.25. The molecule has 1 fully saturated rings. The van der Waals surface area contributed by atoms with Gasteiger partial charge in [-0.05, 0) is 32.7 Å². The van der Waals surface area contributed by atoms with Crippen LogP contribution in [0.3, 0.4) is 0 Å². The average molecular weight is 272 g/mol. The molecule has 2 unspecified atom stereocenters. The van der Waals surface area contributed by atoms with E-state index in [1.165, 1.54) is 12.8 Å². The molecule has 1 aliphatic rings. The molecule has 0 spiro atoms. The molecule has 1 rings (SSSR count). The van der Waals surface area contributed by atoms with Crippen molar-refractivity contribution in [2.24, 2.45) is 0 Å². The number of nitrogens with zero attached hydrogens (tertiary/aromatic N) is 1. The maximum Gasteiger partial charge on any atom is 0.239 e. The molecule has 5 heteroatoms. The van der Waals surface area contributed by atoms with E-state index in [-0.39, 0.29) is 11.9 Å². The number of nitrogens with one attached hydrogen (secondary N) is 1. The largest absolute Gasteiger partial charge is 0.391 e. The van der Waals surface area contributed by atoms with Gasteiger partial charge in [0.15, 0.2) is 0 Å². The lowest BCUT2D eigenvalue weighted by molar-refractivity contribution is -0.133. The zero-order chi connectivity index (χ0) is 14.1. The van der Waals surface area contributed by atoms with Gasteiger partial charge in [-0.2, -0.15) is 0 Å². The number of carbonyl (C=O) groups excluding carboxylic acids is 1. The number of aliphatic hydroxyl groups excluding tert-OH is 1. The summed E-state index contributed by atoms with van der Waals surface area (Å²) < 4.78 is 4.86. The minimum absolute atomic E-state index is 0.173. The van der Waals surface area contributed by atoms with Gasteiger partial charge in [0.05, 0.1) is 18.8 Å². The fourth-order valence-corrected chi connectivity index (χ4v) is 2.39. The minimum Gasteiger partial charge on any atom is -0.391 e. The standard InChI is InChI=1S/C14H28N2O3/c1-12(15-8-7-13(17)11-19-2)14(18)16-9-5-3-4-6-10-16/h12-13,15,17H,3-11H2,1-2H3. The number of hydrogen-bond acceptors (Lipinski definition) is 4. The van der Waals surface area contributed by atoms with Gasteiger partial charge in [-0.3, -0.25) is 4.79 Å². The van der Waals surface area contributed by atoms with Gasteiger partial charge in [-0.25, -0.2) is 0 Å². The molecule has 5 nitrogen and oxygen atoms in total. The van der Waals surface area contributed by atoms with Crippen molar-refractivity contribution >= 4 is 5.91 Å². The van der Waals surface area contributed by atoms with Gasteiger partial charge in [0, 0.05) is 20.2 Å². The highest BCUT2D eigenvalue weighted by atomic mass is 16.5. The molecule has 0 radical (unpaired) electrons. The normalized spacial score (nSPS) is 19.8. The van der Waals surface area contributed by atoms with Crippen molar-refractivity contribution < 1.29 is 14.6 Å². The summed E-state index contributed by atoms with van der Waals surface area (Å²) >= 11 is 0. The highest BCUT2D eigenvalue weighted by molar-refractivity contribution is 5.81. The predicted octanol–water partition coefficient (Wildman–Crippen LogP) is 0.764. The smallest absolute Gasteiger partial charge is 0.239 e. The van der Waals surface area contributed by atoms with E-state index in [0.29, 0.717) is 19.6 Å². The van der Waals surface area contributed by atoms with Gasteiger partial charge in [0.1, 0.15) is 0 Å². The fraction of sp³-hybridized carbons (Fsp3) is 0.929. The third-order valence-corrected chi connectivity index (χ3v) is 3.58. The van der Waals surface area contributed by atoms with Crippen LogP contribution >= 0.6 is 0 Å². The molecule has 0 aromatic rings. The Kier molecular flexibility index (Phi) is 8.02. The molecule has 1 heterocycles. The van der Waals surface area contributed by atoms with Crippen molar-refractivity contribution in [2.75, 3.05) is 33.4 Å². The molecule has 1 saturated heterocycles. The fourth-order valence-electron chi connectivity index (χ4n) is 2.39. The van der Waals surface area contributed by atoms with Gasteiger partial charge in [0.25, 0.3) is 0 Å². The van der Waals surface area contributed by atoms with E-state index in [0.717, 1.165) is 25.9 Å². The Labute approximate surface area is 116 Å². The van der Waals surface area contributed by atoms with E-state index >= 15 is 0 Å². The molecule has 0 bridgehead atoms. The van der Waals surface area contributed by atoms with Gasteiger partial charge >= 0.3 is 0 Å². The monoisotopic (exact) mass is 272 g/mol.